The number of aromatic nitrogens is 4. The van der Waals surface area contributed by atoms with Gasteiger partial charge in [0.1, 0.15) is 17.2 Å². The summed E-state index contributed by atoms with van der Waals surface area (Å²) in [6, 6.07) is 12.3. The number of carbonyl (C=O) groups is 1. The number of para-hydroxylation sites is 1. The van der Waals surface area contributed by atoms with Gasteiger partial charge in [-0.05, 0) is 69.2 Å². The van der Waals surface area contributed by atoms with Crippen molar-refractivity contribution >= 4 is 28.7 Å². The highest BCUT2D eigenvalue weighted by atomic mass is 32.2. The normalized spacial score (nSPS) is 16.0. The molecule has 1 N–H and O–H groups in total. The summed E-state index contributed by atoms with van der Waals surface area (Å²) in [5.74, 6) is 1.45. The number of nitrogens with one attached hydrogen (secondary N) is 1. The maximum atomic E-state index is 13.8. The van der Waals surface area contributed by atoms with E-state index < -0.39 is 0 Å². The Balaban J connectivity index is 1.54. The number of benzene rings is 2. The van der Waals surface area contributed by atoms with Crippen LogP contribution < -0.4 is 0 Å². The summed E-state index contributed by atoms with van der Waals surface area (Å²) in [5, 5.41) is 0. The van der Waals surface area contributed by atoms with E-state index in [0.29, 0.717) is 23.6 Å². The molecule has 6 nitrogen and oxygen atoms in total. The first kappa shape index (κ1) is 21.6. The molecule has 0 spiro atoms. The Morgan fingerprint density at radius 3 is 2.76 bits per heavy atom. The number of rotatable bonds is 4. The lowest BCUT2D eigenvalue weighted by Gasteiger charge is -2.24. The zero-order valence-corrected chi connectivity index (χ0v) is 20.2. The first-order valence-electron chi connectivity index (χ1n) is 11.2. The minimum Gasteiger partial charge on any atom is -0.340 e. The Morgan fingerprint density at radius 1 is 1.12 bits per heavy atom. The molecule has 0 unspecified atom stereocenters. The average Bonchev–Trinajstić information content (AvgIpc) is 3.47. The van der Waals surface area contributed by atoms with E-state index >= 15 is 0 Å². The molecule has 0 aliphatic carbocycles. The van der Waals surface area contributed by atoms with Crippen LogP contribution in [0.3, 0.4) is 0 Å². The van der Waals surface area contributed by atoms with E-state index in [1.165, 1.54) is 11.1 Å². The van der Waals surface area contributed by atoms with Crippen molar-refractivity contribution in [2.75, 3.05) is 12.8 Å². The number of hydrogen-bond acceptors (Lipinski definition) is 5. The second-order valence-electron chi connectivity index (χ2n) is 8.61. The lowest BCUT2D eigenvalue weighted by atomic mass is 10.0. The molecule has 3 heterocycles. The quantitative estimate of drug-likeness (QED) is 0.401. The highest BCUT2D eigenvalue weighted by molar-refractivity contribution is 7.98. The Labute approximate surface area is 197 Å². The van der Waals surface area contributed by atoms with E-state index in [1.807, 2.05) is 30.0 Å². The SMILES string of the molecule is CSc1cccc2[nH]c([C@@H]3CCCN3C(=O)c3cnc(C)nc3-c3ccc(C)c(C)c3)nc12. The van der Waals surface area contributed by atoms with Crippen LogP contribution in [0.1, 0.15) is 52.0 Å². The summed E-state index contributed by atoms with van der Waals surface area (Å²) in [6.07, 6.45) is 5.55. The highest BCUT2D eigenvalue weighted by Crippen LogP contribution is 2.35. The van der Waals surface area contributed by atoms with Crippen molar-refractivity contribution in [3.05, 3.63) is 70.9 Å². The molecular weight excluding hydrogens is 430 g/mol. The van der Waals surface area contributed by atoms with E-state index in [2.05, 4.69) is 53.3 Å². The topological polar surface area (TPSA) is 74.8 Å². The third kappa shape index (κ3) is 3.91. The summed E-state index contributed by atoms with van der Waals surface area (Å²) in [6.45, 7) is 6.71. The van der Waals surface area contributed by atoms with E-state index in [1.54, 1.807) is 18.0 Å². The van der Waals surface area contributed by atoms with E-state index in [0.717, 1.165) is 40.2 Å². The molecule has 1 atom stereocenters. The van der Waals surface area contributed by atoms with Crippen molar-refractivity contribution < 1.29 is 4.79 Å². The van der Waals surface area contributed by atoms with Gasteiger partial charge in [0.25, 0.3) is 5.91 Å². The predicted octanol–water partition coefficient (Wildman–Crippen LogP) is 5.64. The van der Waals surface area contributed by atoms with Crippen LogP contribution in [0.2, 0.25) is 0 Å². The van der Waals surface area contributed by atoms with Gasteiger partial charge in [-0.25, -0.2) is 15.0 Å². The predicted molar refractivity (Wildman–Crippen MR) is 133 cm³/mol. The van der Waals surface area contributed by atoms with Gasteiger partial charge in [0.05, 0.1) is 22.8 Å². The zero-order chi connectivity index (χ0) is 23.1. The number of aromatic amines is 1. The van der Waals surface area contributed by atoms with E-state index in [-0.39, 0.29) is 11.9 Å². The van der Waals surface area contributed by atoms with Crippen LogP contribution in [0.4, 0.5) is 0 Å². The molecule has 1 aliphatic rings. The van der Waals surface area contributed by atoms with Crippen molar-refractivity contribution in [2.24, 2.45) is 0 Å². The number of nitrogens with zero attached hydrogens (tertiary/aromatic N) is 4. The minimum absolute atomic E-state index is 0.0451. The molecule has 4 aromatic rings. The molecule has 7 heteroatoms. The van der Waals surface area contributed by atoms with Crippen molar-refractivity contribution in [1.29, 1.82) is 0 Å². The Morgan fingerprint density at radius 2 is 1.97 bits per heavy atom. The summed E-state index contributed by atoms with van der Waals surface area (Å²) in [5.41, 5.74) is 6.53. The largest absolute Gasteiger partial charge is 0.340 e. The molecule has 0 bridgehead atoms. The molecule has 168 valence electrons. The summed E-state index contributed by atoms with van der Waals surface area (Å²) in [7, 11) is 0. The Hall–Kier alpha value is -3.19. The Kier molecular flexibility index (Phi) is 5.66. The highest BCUT2D eigenvalue weighted by Gasteiger charge is 2.34. The summed E-state index contributed by atoms with van der Waals surface area (Å²) >= 11 is 1.68. The zero-order valence-electron chi connectivity index (χ0n) is 19.3. The molecule has 1 amide bonds. The smallest absolute Gasteiger partial charge is 0.258 e. The molecule has 0 radical (unpaired) electrons. The average molecular weight is 458 g/mol. The molecule has 1 aliphatic heterocycles. The monoisotopic (exact) mass is 457 g/mol. The lowest BCUT2D eigenvalue weighted by molar-refractivity contribution is 0.0730. The lowest BCUT2D eigenvalue weighted by Crippen LogP contribution is -2.32. The second kappa shape index (κ2) is 8.63. The van der Waals surface area contributed by atoms with Gasteiger partial charge in [-0.15, -0.1) is 11.8 Å². The fourth-order valence-electron chi connectivity index (χ4n) is 4.53. The summed E-state index contributed by atoms with van der Waals surface area (Å²) in [4.78, 5) is 34.3. The molecule has 2 aromatic carbocycles. The van der Waals surface area contributed by atoms with Crippen LogP contribution in [0, 0.1) is 20.8 Å². The van der Waals surface area contributed by atoms with Crippen LogP contribution in [0.15, 0.2) is 47.5 Å². The molecule has 1 fully saturated rings. The molecule has 0 saturated carbocycles. The fourth-order valence-corrected chi connectivity index (χ4v) is 5.10. The number of hydrogen-bond donors (Lipinski definition) is 1. The van der Waals surface area contributed by atoms with Crippen LogP contribution in [-0.2, 0) is 0 Å². The van der Waals surface area contributed by atoms with Gasteiger partial charge in [-0.2, -0.15) is 0 Å². The van der Waals surface area contributed by atoms with E-state index in [4.69, 9.17) is 4.98 Å². The van der Waals surface area contributed by atoms with Crippen molar-refractivity contribution in [3.8, 4) is 11.3 Å². The third-order valence-corrected chi connectivity index (χ3v) is 7.23. The van der Waals surface area contributed by atoms with Gasteiger partial charge in [-0.1, -0.05) is 18.2 Å². The molecule has 33 heavy (non-hydrogen) atoms. The Bertz CT molecular complexity index is 1360. The van der Waals surface area contributed by atoms with Gasteiger partial charge in [0, 0.05) is 23.2 Å². The summed E-state index contributed by atoms with van der Waals surface area (Å²) < 4.78 is 0. The van der Waals surface area contributed by atoms with Crippen molar-refractivity contribution in [2.45, 2.75) is 44.6 Å². The van der Waals surface area contributed by atoms with Crippen LogP contribution >= 0.6 is 11.8 Å². The number of thioether (sulfide) groups is 1. The van der Waals surface area contributed by atoms with Crippen LogP contribution in [0.5, 0.6) is 0 Å². The van der Waals surface area contributed by atoms with Crippen LogP contribution in [-0.4, -0.2) is 43.5 Å². The maximum absolute atomic E-state index is 13.8. The maximum Gasteiger partial charge on any atom is 0.258 e. The van der Waals surface area contributed by atoms with Gasteiger partial charge in [-0.3, -0.25) is 4.79 Å². The number of aryl methyl sites for hydroxylation is 3. The second-order valence-corrected chi connectivity index (χ2v) is 9.46. The van der Waals surface area contributed by atoms with Crippen molar-refractivity contribution in [3.63, 3.8) is 0 Å². The first-order chi connectivity index (χ1) is 16.0. The number of carbonyl (C=O) groups excluding carboxylic acids is 1. The van der Waals surface area contributed by atoms with E-state index in [9.17, 15) is 4.79 Å². The minimum atomic E-state index is -0.0893. The van der Waals surface area contributed by atoms with Gasteiger partial charge >= 0.3 is 0 Å². The van der Waals surface area contributed by atoms with Gasteiger partial charge in [0.15, 0.2) is 0 Å². The number of H-pyrrole nitrogens is 1. The molecular formula is C26H27N5OS. The standard InChI is InChI=1S/C26H27N5OS/c1-15-10-11-18(13-16(15)2)23-19(14-27-17(3)28-23)26(32)31-12-6-8-21(31)25-29-20-7-5-9-22(33-4)24(20)30-25/h5,7,9-11,13-14,21H,6,8,12H2,1-4H3,(H,29,30)/t21-/m0/s1. The molecule has 5 rings (SSSR count). The third-order valence-electron chi connectivity index (χ3n) is 6.46. The van der Waals surface area contributed by atoms with Crippen molar-refractivity contribution in [1.82, 2.24) is 24.8 Å². The number of amides is 1. The number of imidazole rings is 1. The van der Waals surface area contributed by atoms with Gasteiger partial charge < -0.3 is 9.88 Å². The van der Waals surface area contributed by atoms with Crippen LogP contribution in [0.25, 0.3) is 22.3 Å². The van der Waals surface area contributed by atoms with Gasteiger partial charge in [0.2, 0.25) is 0 Å². The fraction of sp³-hybridized carbons (Fsp3) is 0.308. The molecule has 2 aromatic heterocycles. The number of fused-ring (bicyclic) bond motifs is 1. The number of likely N-dealkylation sites (tertiary alicyclic amines) is 1. The molecule has 1 saturated heterocycles. The first-order valence-corrected chi connectivity index (χ1v) is 12.4.